The Morgan fingerprint density at radius 3 is 2.70 bits per heavy atom. The molecule has 0 atom stereocenters. The van der Waals surface area contributed by atoms with E-state index in [2.05, 4.69) is 16.0 Å². The second-order valence-corrected chi connectivity index (χ2v) is 8.59. The molecule has 0 bridgehead atoms. The van der Waals surface area contributed by atoms with Crippen molar-refractivity contribution < 1.29 is 13.2 Å². The second-order valence-electron chi connectivity index (χ2n) is 6.60. The molecular formula is C20H21N3O3S. The van der Waals surface area contributed by atoms with Gasteiger partial charge in [-0.25, -0.2) is 13.4 Å². The van der Waals surface area contributed by atoms with Gasteiger partial charge in [0.1, 0.15) is 11.4 Å². The predicted octanol–water partition coefficient (Wildman–Crippen LogP) is 3.29. The van der Waals surface area contributed by atoms with E-state index in [1.807, 2.05) is 36.4 Å². The number of aromatic nitrogens is 2. The second kappa shape index (κ2) is 6.83. The summed E-state index contributed by atoms with van der Waals surface area (Å²) in [4.78, 5) is 7.84. The minimum Gasteiger partial charge on any atom is -0.496 e. The molecule has 0 spiro atoms. The van der Waals surface area contributed by atoms with E-state index in [1.165, 1.54) is 10.6 Å². The van der Waals surface area contributed by atoms with Crippen LogP contribution < -0.4 is 4.74 Å². The van der Waals surface area contributed by atoms with Gasteiger partial charge in [0.25, 0.3) is 0 Å². The molecule has 1 N–H and O–H groups in total. The molecule has 6 nitrogen and oxygen atoms in total. The molecule has 0 fully saturated rings. The van der Waals surface area contributed by atoms with Crippen molar-refractivity contribution in [1.82, 2.24) is 14.3 Å². The fourth-order valence-electron chi connectivity index (χ4n) is 3.50. The molecule has 4 rings (SSSR count). The Hall–Kier alpha value is -2.64. The summed E-state index contributed by atoms with van der Waals surface area (Å²) in [6, 6.07) is 12.0. The summed E-state index contributed by atoms with van der Waals surface area (Å²) in [5.74, 6) is 0.813. The van der Waals surface area contributed by atoms with Gasteiger partial charge in [-0.15, -0.1) is 0 Å². The summed E-state index contributed by atoms with van der Waals surface area (Å²) < 4.78 is 30.4. The van der Waals surface area contributed by atoms with Crippen LogP contribution in [0.4, 0.5) is 0 Å². The molecule has 0 saturated heterocycles. The summed E-state index contributed by atoms with van der Waals surface area (Å²) in [6.07, 6.45) is 5.67. The molecule has 2 aromatic heterocycles. The van der Waals surface area contributed by atoms with Crippen LogP contribution in [0.3, 0.4) is 0 Å². The number of sulfonamides is 1. The molecular weight excluding hydrogens is 362 g/mol. The molecule has 3 aromatic rings. The molecule has 140 valence electrons. The number of hydrogen-bond donors (Lipinski definition) is 1. The predicted molar refractivity (Wildman–Crippen MR) is 107 cm³/mol. The highest BCUT2D eigenvalue weighted by Gasteiger charge is 2.21. The Kier molecular flexibility index (Phi) is 4.49. The first kappa shape index (κ1) is 17.8. The number of methoxy groups -OCH3 is 1. The maximum Gasteiger partial charge on any atom is 0.211 e. The molecule has 7 heteroatoms. The Balaban J connectivity index is 1.75. The van der Waals surface area contributed by atoms with Gasteiger partial charge >= 0.3 is 0 Å². The van der Waals surface area contributed by atoms with Gasteiger partial charge in [0, 0.05) is 35.9 Å². The summed E-state index contributed by atoms with van der Waals surface area (Å²) in [5, 5.41) is 1.02. The molecule has 1 aliphatic rings. The number of pyridine rings is 1. The minimum atomic E-state index is -3.15. The quantitative estimate of drug-likeness (QED) is 0.750. The average Bonchev–Trinajstić information content (AvgIpc) is 3.12. The fourth-order valence-corrected chi connectivity index (χ4v) is 4.27. The van der Waals surface area contributed by atoms with Crippen molar-refractivity contribution in [2.45, 2.75) is 6.42 Å². The Labute approximate surface area is 158 Å². The molecule has 0 saturated carbocycles. The summed E-state index contributed by atoms with van der Waals surface area (Å²) in [5.41, 5.74) is 4.96. The zero-order valence-electron chi connectivity index (χ0n) is 15.3. The lowest BCUT2D eigenvalue weighted by atomic mass is 10.0. The lowest BCUT2D eigenvalue weighted by Gasteiger charge is -2.23. The van der Waals surface area contributed by atoms with Crippen molar-refractivity contribution in [3.8, 4) is 16.9 Å². The normalized spacial score (nSPS) is 15.7. The molecule has 0 amide bonds. The van der Waals surface area contributed by atoms with E-state index in [9.17, 15) is 8.42 Å². The smallest absolute Gasteiger partial charge is 0.211 e. The average molecular weight is 383 g/mol. The number of H-pyrrole nitrogens is 1. The van der Waals surface area contributed by atoms with Crippen molar-refractivity contribution in [2.24, 2.45) is 0 Å². The van der Waals surface area contributed by atoms with Gasteiger partial charge < -0.3 is 9.72 Å². The topological polar surface area (TPSA) is 75.3 Å². The molecule has 1 aromatic carbocycles. The van der Waals surface area contributed by atoms with Crippen LogP contribution in [0.25, 0.3) is 27.7 Å². The largest absolute Gasteiger partial charge is 0.496 e. The molecule has 0 unspecified atom stereocenters. The lowest BCUT2D eigenvalue weighted by Crippen LogP contribution is -2.33. The van der Waals surface area contributed by atoms with Gasteiger partial charge in [-0.3, -0.25) is 0 Å². The third-order valence-electron chi connectivity index (χ3n) is 4.92. The van der Waals surface area contributed by atoms with Gasteiger partial charge in [0.2, 0.25) is 10.0 Å². The standard InChI is InChI=1S/C20H21N3O3S/c1-26-19-6-4-3-5-16(19)15-7-10-21-20-17(15)13-18(22-20)14-8-11-23(12-9-14)27(2,24)25/h3-8,10,13H,9,11-12H2,1-2H3,(H,21,22). The SMILES string of the molecule is COc1ccccc1-c1ccnc2[nH]c(C3=CCN(S(C)(=O)=O)CC3)cc12. The van der Waals surface area contributed by atoms with Crippen molar-refractivity contribution in [1.29, 1.82) is 0 Å². The summed E-state index contributed by atoms with van der Waals surface area (Å²) in [6.45, 7) is 0.892. The van der Waals surface area contributed by atoms with Crippen LogP contribution >= 0.6 is 0 Å². The number of nitrogens with zero attached hydrogens (tertiary/aromatic N) is 2. The Morgan fingerprint density at radius 2 is 2.00 bits per heavy atom. The highest BCUT2D eigenvalue weighted by atomic mass is 32.2. The molecule has 3 heterocycles. The molecule has 1 aliphatic heterocycles. The van der Waals surface area contributed by atoms with E-state index in [1.54, 1.807) is 13.3 Å². The molecule has 0 aliphatic carbocycles. The van der Waals surface area contributed by atoms with Gasteiger partial charge in [0.05, 0.1) is 13.4 Å². The van der Waals surface area contributed by atoms with Crippen LogP contribution in [0, 0.1) is 0 Å². The van der Waals surface area contributed by atoms with Crippen LogP contribution in [0.5, 0.6) is 5.75 Å². The highest BCUT2D eigenvalue weighted by Crippen LogP contribution is 2.36. The van der Waals surface area contributed by atoms with Crippen molar-refractivity contribution in [3.63, 3.8) is 0 Å². The third kappa shape index (κ3) is 3.36. The first-order valence-electron chi connectivity index (χ1n) is 8.73. The zero-order valence-corrected chi connectivity index (χ0v) is 16.1. The van der Waals surface area contributed by atoms with Crippen LogP contribution in [0.15, 0.2) is 48.7 Å². The van der Waals surface area contributed by atoms with Crippen molar-refractivity contribution in [2.75, 3.05) is 26.5 Å². The van der Waals surface area contributed by atoms with E-state index in [0.717, 1.165) is 39.2 Å². The third-order valence-corrected chi connectivity index (χ3v) is 6.19. The van der Waals surface area contributed by atoms with Gasteiger partial charge in [-0.05, 0) is 35.8 Å². The molecule has 27 heavy (non-hydrogen) atoms. The number of ether oxygens (including phenoxy) is 1. The van der Waals surface area contributed by atoms with E-state index >= 15 is 0 Å². The van der Waals surface area contributed by atoms with E-state index < -0.39 is 10.0 Å². The summed E-state index contributed by atoms with van der Waals surface area (Å²) >= 11 is 0. The van der Waals surface area contributed by atoms with E-state index in [4.69, 9.17) is 4.74 Å². The van der Waals surface area contributed by atoms with Gasteiger partial charge in [-0.1, -0.05) is 24.3 Å². The number of fused-ring (bicyclic) bond motifs is 1. The monoisotopic (exact) mass is 383 g/mol. The van der Waals surface area contributed by atoms with Crippen molar-refractivity contribution >= 4 is 26.6 Å². The van der Waals surface area contributed by atoms with E-state index in [-0.39, 0.29) is 0 Å². The lowest BCUT2D eigenvalue weighted by molar-refractivity contribution is 0.416. The maximum absolute atomic E-state index is 11.7. The van der Waals surface area contributed by atoms with Crippen LogP contribution in [-0.2, 0) is 10.0 Å². The Bertz CT molecular complexity index is 1130. The minimum absolute atomic E-state index is 0.399. The van der Waals surface area contributed by atoms with Crippen LogP contribution in [-0.4, -0.2) is 49.1 Å². The van der Waals surface area contributed by atoms with Gasteiger partial charge in [0.15, 0.2) is 0 Å². The number of benzene rings is 1. The van der Waals surface area contributed by atoms with Gasteiger partial charge in [-0.2, -0.15) is 4.31 Å². The number of para-hydroxylation sites is 1. The first-order valence-corrected chi connectivity index (χ1v) is 10.6. The molecule has 0 radical (unpaired) electrons. The highest BCUT2D eigenvalue weighted by molar-refractivity contribution is 7.88. The number of aromatic amines is 1. The Morgan fingerprint density at radius 1 is 1.19 bits per heavy atom. The number of hydrogen-bond acceptors (Lipinski definition) is 4. The van der Waals surface area contributed by atoms with Crippen LogP contribution in [0.2, 0.25) is 0 Å². The zero-order chi connectivity index (χ0) is 19.0. The fraction of sp³-hybridized carbons (Fsp3) is 0.250. The summed E-state index contributed by atoms with van der Waals surface area (Å²) in [7, 11) is -1.49. The maximum atomic E-state index is 11.7. The van der Waals surface area contributed by atoms with Crippen molar-refractivity contribution in [3.05, 3.63) is 54.4 Å². The van der Waals surface area contributed by atoms with E-state index in [0.29, 0.717) is 19.5 Å². The van der Waals surface area contributed by atoms with Crippen LogP contribution in [0.1, 0.15) is 12.1 Å². The first-order chi connectivity index (χ1) is 13.0. The number of rotatable bonds is 4. The number of nitrogens with one attached hydrogen (secondary N) is 1.